The van der Waals surface area contributed by atoms with E-state index in [-0.39, 0.29) is 12.5 Å². The van der Waals surface area contributed by atoms with Gasteiger partial charge in [-0.3, -0.25) is 0 Å². The Labute approximate surface area is 73.2 Å². The van der Waals surface area contributed by atoms with Gasteiger partial charge < -0.3 is 9.52 Å². The van der Waals surface area contributed by atoms with Crippen LogP contribution in [0, 0.1) is 0 Å². The molecule has 2 heteroatoms. The van der Waals surface area contributed by atoms with Gasteiger partial charge in [-0.05, 0) is 18.6 Å². The van der Waals surface area contributed by atoms with E-state index in [0.717, 1.165) is 25.0 Å². The molecule has 12 heavy (non-hydrogen) atoms. The smallest absolute Gasteiger partial charge is 0.109 e. The maximum absolute atomic E-state index is 9.06. The van der Waals surface area contributed by atoms with E-state index in [1.165, 1.54) is 0 Å². The molecule has 0 fully saturated rings. The Hall–Kier alpha value is -0.760. The molecule has 1 N–H and O–H groups in total. The molecular formula is C10H16O2. The maximum atomic E-state index is 9.06. The van der Waals surface area contributed by atoms with Crippen LogP contribution in [0.25, 0.3) is 0 Å². The standard InChI is InChI=1S/C10H16O2/c1-2-3-5-9(8-11)10-6-4-7-12-10/h4,6-7,9,11H,2-3,5,8H2,1H3/t9-/m0/s1. The van der Waals surface area contributed by atoms with Crippen LogP contribution in [0.2, 0.25) is 0 Å². The Kier molecular flexibility index (Phi) is 3.88. The topological polar surface area (TPSA) is 33.4 Å². The zero-order valence-electron chi connectivity index (χ0n) is 7.49. The van der Waals surface area contributed by atoms with Gasteiger partial charge >= 0.3 is 0 Å². The minimum absolute atomic E-state index is 0.188. The molecule has 0 bridgehead atoms. The highest BCUT2D eigenvalue weighted by atomic mass is 16.3. The number of hydrogen-bond donors (Lipinski definition) is 1. The largest absolute Gasteiger partial charge is 0.469 e. The van der Waals surface area contributed by atoms with Crippen LogP contribution in [-0.2, 0) is 0 Å². The number of aliphatic hydroxyl groups is 1. The molecule has 0 aromatic carbocycles. The lowest BCUT2D eigenvalue weighted by molar-refractivity contribution is 0.240. The second-order valence-electron chi connectivity index (χ2n) is 3.04. The molecule has 0 aliphatic carbocycles. The maximum Gasteiger partial charge on any atom is 0.109 e. The minimum Gasteiger partial charge on any atom is -0.469 e. The Morgan fingerprint density at radius 1 is 1.58 bits per heavy atom. The second kappa shape index (κ2) is 4.99. The van der Waals surface area contributed by atoms with E-state index in [4.69, 9.17) is 9.52 Å². The summed E-state index contributed by atoms with van der Waals surface area (Å²) >= 11 is 0. The highest BCUT2D eigenvalue weighted by molar-refractivity contribution is 5.04. The van der Waals surface area contributed by atoms with Gasteiger partial charge in [0, 0.05) is 5.92 Å². The van der Waals surface area contributed by atoms with Gasteiger partial charge in [0.25, 0.3) is 0 Å². The fraction of sp³-hybridized carbons (Fsp3) is 0.600. The third-order valence-corrected chi connectivity index (χ3v) is 2.07. The molecule has 2 nitrogen and oxygen atoms in total. The summed E-state index contributed by atoms with van der Waals surface area (Å²) in [5.41, 5.74) is 0. The van der Waals surface area contributed by atoms with E-state index in [0.29, 0.717) is 0 Å². The Bertz CT molecular complexity index is 192. The van der Waals surface area contributed by atoms with Gasteiger partial charge in [0.2, 0.25) is 0 Å². The first kappa shape index (κ1) is 9.33. The van der Waals surface area contributed by atoms with E-state index in [1.54, 1.807) is 6.26 Å². The van der Waals surface area contributed by atoms with E-state index >= 15 is 0 Å². The molecule has 68 valence electrons. The van der Waals surface area contributed by atoms with E-state index in [9.17, 15) is 0 Å². The molecule has 0 aliphatic heterocycles. The van der Waals surface area contributed by atoms with Gasteiger partial charge in [0.1, 0.15) is 5.76 Å². The summed E-state index contributed by atoms with van der Waals surface area (Å²) in [4.78, 5) is 0. The Balaban J connectivity index is 2.45. The van der Waals surface area contributed by atoms with E-state index in [2.05, 4.69) is 6.92 Å². The van der Waals surface area contributed by atoms with Crippen molar-refractivity contribution >= 4 is 0 Å². The third kappa shape index (κ3) is 2.38. The summed E-state index contributed by atoms with van der Waals surface area (Å²) in [7, 11) is 0. The van der Waals surface area contributed by atoms with Crippen LogP contribution in [0.5, 0.6) is 0 Å². The van der Waals surface area contributed by atoms with E-state index in [1.807, 2.05) is 12.1 Å². The predicted octanol–water partition coefficient (Wildman–Crippen LogP) is 2.55. The lowest BCUT2D eigenvalue weighted by Gasteiger charge is -2.09. The minimum atomic E-state index is 0.188. The van der Waals surface area contributed by atoms with E-state index < -0.39 is 0 Å². The molecule has 1 atom stereocenters. The molecule has 0 saturated carbocycles. The highest BCUT2D eigenvalue weighted by Gasteiger charge is 2.11. The average molecular weight is 168 g/mol. The molecule has 1 aromatic rings. The van der Waals surface area contributed by atoms with Crippen molar-refractivity contribution in [2.75, 3.05) is 6.61 Å². The SMILES string of the molecule is CCCC[C@@H](CO)c1ccco1. The van der Waals surface area contributed by atoms with Crippen molar-refractivity contribution in [3.05, 3.63) is 24.2 Å². The van der Waals surface area contributed by atoms with Crippen molar-refractivity contribution < 1.29 is 9.52 Å². The molecule has 0 unspecified atom stereocenters. The summed E-state index contributed by atoms with van der Waals surface area (Å²) in [6, 6.07) is 3.79. The van der Waals surface area contributed by atoms with Gasteiger partial charge in [-0.25, -0.2) is 0 Å². The number of unbranched alkanes of at least 4 members (excludes halogenated alkanes) is 1. The fourth-order valence-corrected chi connectivity index (χ4v) is 1.30. The zero-order valence-corrected chi connectivity index (χ0v) is 7.49. The summed E-state index contributed by atoms with van der Waals surface area (Å²) in [5.74, 6) is 1.10. The van der Waals surface area contributed by atoms with Crippen molar-refractivity contribution in [1.82, 2.24) is 0 Å². The summed E-state index contributed by atoms with van der Waals surface area (Å²) < 4.78 is 5.22. The molecule has 0 spiro atoms. The summed E-state index contributed by atoms with van der Waals surface area (Å²) in [6.45, 7) is 2.34. The van der Waals surface area contributed by atoms with Crippen LogP contribution in [0.4, 0.5) is 0 Å². The van der Waals surface area contributed by atoms with Gasteiger partial charge in [-0.2, -0.15) is 0 Å². The van der Waals surface area contributed by atoms with Gasteiger partial charge in [-0.1, -0.05) is 19.8 Å². The van der Waals surface area contributed by atoms with Crippen molar-refractivity contribution in [3.8, 4) is 0 Å². The summed E-state index contributed by atoms with van der Waals surface area (Å²) in [5, 5.41) is 9.06. The van der Waals surface area contributed by atoms with Crippen LogP contribution in [0.3, 0.4) is 0 Å². The van der Waals surface area contributed by atoms with Crippen LogP contribution < -0.4 is 0 Å². The first-order chi connectivity index (χ1) is 5.88. The van der Waals surface area contributed by atoms with Gasteiger partial charge in [0.05, 0.1) is 12.9 Å². The average Bonchev–Trinajstić information content (AvgIpc) is 2.59. The molecular weight excluding hydrogens is 152 g/mol. The van der Waals surface area contributed by atoms with Crippen LogP contribution in [-0.4, -0.2) is 11.7 Å². The fourth-order valence-electron chi connectivity index (χ4n) is 1.30. The number of aliphatic hydroxyl groups excluding tert-OH is 1. The lowest BCUT2D eigenvalue weighted by Crippen LogP contribution is -2.02. The zero-order chi connectivity index (χ0) is 8.81. The first-order valence-electron chi connectivity index (χ1n) is 4.52. The Morgan fingerprint density at radius 2 is 2.42 bits per heavy atom. The monoisotopic (exact) mass is 168 g/mol. The van der Waals surface area contributed by atoms with Gasteiger partial charge in [-0.15, -0.1) is 0 Å². The molecule has 0 aliphatic rings. The predicted molar refractivity (Wildman–Crippen MR) is 48.1 cm³/mol. The second-order valence-corrected chi connectivity index (χ2v) is 3.04. The molecule has 1 heterocycles. The first-order valence-corrected chi connectivity index (χ1v) is 4.52. The third-order valence-electron chi connectivity index (χ3n) is 2.07. The molecule has 0 radical (unpaired) electrons. The number of rotatable bonds is 5. The number of furan rings is 1. The number of hydrogen-bond acceptors (Lipinski definition) is 2. The van der Waals surface area contributed by atoms with Crippen molar-refractivity contribution in [1.29, 1.82) is 0 Å². The lowest BCUT2D eigenvalue weighted by atomic mass is 10.0. The van der Waals surface area contributed by atoms with Crippen molar-refractivity contribution in [2.24, 2.45) is 0 Å². The van der Waals surface area contributed by atoms with Crippen molar-refractivity contribution in [2.45, 2.75) is 32.1 Å². The van der Waals surface area contributed by atoms with Crippen LogP contribution in [0.1, 0.15) is 37.9 Å². The van der Waals surface area contributed by atoms with Crippen LogP contribution in [0.15, 0.2) is 22.8 Å². The Morgan fingerprint density at radius 3 is 2.92 bits per heavy atom. The van der Waals surface area contributed by atoms with Crippen molar-refractivity contribution in [3.63, 3.8) is 0 Å². The highest BCUT2D eigenvalue weighted by Crippen LogP contribution is 2.21. The normalized spacial score (nSPS) is 13.2. The molecule has 0 saturated heterocycles. The summed E-state index contributed by atoms with van der Waals surface area (Å²) in [6.07, 6.45) is 4.98. The molecule has 1 rings (SSSR count). The quantitative estimate of drug-likeness (QED) is 0.733. The molecule has 1 aromatic heterocycles. The molecule has 0 amide bonds. The van der Waals surface area contributed by atoms with Gasteiger partial charge in [0.15, 0.2) is 0 Å². The van der Waals surface area contributed by atoms with Crippen LogP contribution >= 0.6 is 0 Å².